The van der Waals surface area contributed by atoms with E-state index in [9.17, 15) is 18.0 Å². The van der Waals surface area contributed by atoms with Gasteiger partial charge >= 0.3 is 6.03 Å². The second-order valence-corrected chi connectivity index (χ2v) is 8.02. The highest BCUT2D eigenvalue weighted by atomic mass is 19.2. The van der Waals surface area contributed by atoms with Gasteiger partial charge in [0.2, 0.25) is 5.82 Å². The summed E-state index contributed by atoms with van der Waals surface area (Å²) in [6.45, 7) is 1.64. The predicted molar refractivity (Wildman–Crippen MR) is 125 cm³/mol. The van der Waals surface area contributed by atoms with Gasteiger partial charge in [0.25, 0.3) is 5.89 Å². The largest absolute Gasteiger partial charge is 0.497 e. The normalized spacial score (nSPS) is 15.8. The number of benzene rings is 3. The van der Waals surface area contributed by atoms with Gasteiger partial charge < -0.3 is 14.6 Å². The van der Waals surface area contributed by atoms with Crippen LogP contribution in [0.1, 0.15) is 24.4 Å². The lowest BCUT2D eigenvalue weighted by atomic mass is 9.94. The average Bonchev–Trinajstić information content (AvgIpc) is 3.36. The van der Waals surface area contributed by atoms with Gasteiger partial charge in [0.15, 0.2) is 11.6 Å². The number of carbonyl (C=O) groups is 1. The molecule has 1 N–H and O–H groups in total. The van der Waals surface area contributed by atoms with E-state index in [1.54, 1.807) is 44.4 Å². The fourth-order valence-corrected chi connectivity index (χ4v) is 4.08. The molecule has 10 heteroatoms. The number of rotatable bonds is 5. The van der Waals surface area contributed by atoms with Crippen molar-refractivity contribution in [2.75, 3.05) is 12.0 Å². The lowest BCUT2D eigenvalue weighted by molar-refractivity contribution is 0.244. The third-order valence-corrected chi connectivity index (χ3v) is 5.83. The molecule has 4 aromatic rings. The minimum Gasteiger partial charge on any atom is -0.497 e. The van der Waals surface area contributed by atoms with Crippen LogP contribution in [0.25, 0.3) is 17.0 Å². The topological polar surface area (TPSA) is 80.5 Å². The second kappa shape index (κ2) is 9.21. The van der Waals surface area contributed by atoms with E-state index >= 15 is 0 Å². The number of hydrogen-bond acceptors (Lipinski definition) is 5. The summed E-state index contributed by atoms with van der Waals surface area (Å²) in [5, 5.41) is 6.86. The molecule has 0 fully saturated rings. The van der Waals surface area contributed by atoms with Crippen LogP contribution in [0.4, 0.5) is 23.7 Å². The molecule has 0 bridgehead atoms. The van der Waals surface area contributed by atoms with Crippen molar-refractivity contribution in [3.63, 3.8) is 0 Å². The predicted octanol–water partition coefficient (Wildman–Crippen LogP) is 5.86. The molecule has 1 aromatic heterocycles. The molecule has 0 saturated carbocycles. The second-order valence-electron chi connectivity index (χ2n) is 8.02. The van der Waals surface area contributed by atoms with Gasteiger partial charge in [0.1, 0.15) is 11.6 Å². The summed E-state index contributed by atoms with van der Waals surface area (Å²) in [7, 11) is 1.54. The zero-order valence-corrected chi connectivity index (χ0v) is 19.1. The standard InChI is InChI=1S/C26H19F3N4O3/c1-14-22(25-31-24(32-36-25)16-4-3-5-17(27)12-16)23(15-6-9-19(35-2)10-7-15)30-26(34)33(14)18-8-11-20(28)21(29)13-18/h3-13,23H,1-2H3,(H,30,34). The molecule has 2 amide bonds. The highest BCUT2D eigenvalue weighted by Crippen LogP contribution is 2.39. The number of halogens is 3. The van der Waals surface area contributed by atoms with Crippen LogP contribution in [0.15, 0.2) is 77.0 Å². The van der Waals surface area contributed by atoms with E-state index in [1.165, 1.54) is 29.2 Å². The van der Waals surface area contributed by atoms with Gasteiger partial charge in [-0.3, -0.25) is 4.90 Å². The summed E-state index contributed by atoms with van der Waals surface area (Å²) in [6, 6.07) is 14.6. The summed E-state index contributed by atoms with van der Waals surface area (Å²) < 4.78 is 52.1. The molecule has 0 saturated heterocycles. The zero-order chi connectivity index (χ0) is 25.4. The molecule has 1 aliphatic rings. The van der Waals surface area contributed by atoms with E-state index in [2.05, 4.69) is 15.5 Å². The fourth-order valence-electron chi connectivity index (χ4n) is 4.08. The molecule has 36 heavy (non-hydrogen) atoms. The Kier molecular flexibility index (Phi) is 5.93. The van der Waals surface area contributed by atoms with Gasteiger partial charge in [0.05, 0.1) is 24.4 Å². The maximum absolute atomic E-state index is 14.0. The summed E-state index contributed by atoms with van der Waals surface area (Å²) in [4.78, 5) is 18.8. The van der Waals surface area contributed by atoms with Crippen molar-refractivity contribution in [2.45, 2.75) is 13.0 Å². The number of methoxy groups -OCH3 is 1. The first-order chi connectivity index (χ1) is 17.4. The van der Waals surface area contributed by atoms with Crippen LogP contribution in [0, 0.1) is 17.5 Å². The lowest BCUT2D eigenvalue weighted by Gasteiger charge is -2.35. The Bertz CT molecular complexity index is 1480. The van der Waals surface area contributed by atoms with Crippen molar-refractivity contribution < 1.29 is 27.2 Å². The van der Waals surface area contributed by atoms with E-state index in [0.29, 0.717) is 28.1 Å². The van der Waals surface area contributed by atoms with Crippen LogP contribution in [-0.2, 0) is 0 Å². The first kappa shape index (κ1) is 23.2. The van der Waals surface area contributed by atoms with Gasteiger partial charge in [-0.15, -0.1) is 0 Å². The Hall–Kier alpha value is -4.60. The maximum atomic E-state index is 14.0. The Balaban J connectivity index is 1.65. The molecule has 0 spiro atoms. The average molecular weight is 492 g/mol. The van der Waals surface area contributed by atoms with Gasteiger partial charge in [0, 0.05) is 17.3 Å². The van der Waals surface area contributed by atoms with Crippen LogP contribution < -0.4 is 15.0 Å². The highest BCUT2D eigenvalue weighted by molar-refractivity contribution is 6.01. The van der Waals surface area contributed by atoms with Crippen molar-refractivity contribution in [1.82, 2.24) is 15.5 Å². The van der Waals surface area contributed by atoms with Crippen molar-refractivity contribution in [1.29, 1.82) is 0 Å². The summed E-state index contributed by atoms with van der Waals surface area (Å²) in [6.07, 6.45) is 0. The highest BCUT2D eigenvalue weighted by Gasteiger charge is 2.36. The molecule has 1 unspecified atom stereocenters. The van der Waals surface area contributed by atoms with Crippen molar-refractivity contribution in [3.05, 3.63) is 101 Å². The molecule has 2 heterocycles. The third-order valence-electron chi connectivity index (χ3n) is 5.83. The molecule has 1 aliphatic heterocycles. The first-order valence-corrected chi connectivity index (χ1v) is 10.9. The number of nitrogens with one attached hydrogen (secondary N) is 1. The van der Waals surface area contributed by atoms with Crippen LogP contribution in [0.5, 0.6) is 5.75 Å². The molecule has 7 nitrogen and oxygen atoms in total. The molecule has 1 atom stereocenters. The lowest BCUT2D eigenvalue weighted by Crippen LogP contribution is -2.46. The number of aromatic nitrogens is 2. The zero-order valence-electron chi connectivity index (χ0n) is 19.1. The minimum absolute atomic E-state index is 0.0696. The van der Waals surface area contributed by atoms with Gasteiger partial charge in [-0.25, -0.2) is 18.0 Å². The minimum atomic E-state index is -1.10. The SMILES string of the molecule is COc1ccc(C2NC(=O)N(c3ccc(F)c(F)c3)C(C)=C2c2nc(-c3cccc(F)c3)no2)cc1. The molecular formula is C26H19F3N4O3. The molecule has 182 valence electrons. The monoisotopic (exact) mass is 492 g/mol. The van der Waals surface area contributed by atoms with Crippen molar-refractivity contribution in [3.8, 4) is 17.1 Å². The van der Waals surface area contributed by atoms with Gasteiger partial charge in [-0.05, 0) is 48.9 Å². The number of anilines is 1. The van der Waals surface area contributed by atoms with Crippen LogP contribution in [0.3, 0.4) is 0 Å². The third kappa shape index (κ3) is 4.17. The van der Waals surface area contributed by atoms with Gasteiger partial charge in [-0.1, -0.05) is 29.4 Å². The van der Waals surface area contributed by atoms with E-state index < -0.39 is 29.5 Å². The van der Waals surface area contributed by atoms with Crippen molar-refractivity contribution in [2.24, 2.45) is 0 Å². The van der Waals surface area contributed by atoms with E-state index in [-0.39, 0.29) is 17.4 Å². The Morgan fingerprint density at radius 2 is 1.78 bits per heavy atom. The Morgan fingerprint density at radius 1 is 1.00 bits per heavy atom. The fraction of sp³-hybridized carbons (Fsp3) is 0.115. The van der Waals surface area contributed by atoms with Crippen molar-refractivity contribution >= 4 is 17.3 Å². The van der Waals surface area contributed by atoms with E-state index in [4.69, 9.17) is 9.26 Å². The van der Waals surface area contributed by atoms with Crippen LogP contribution in [-0.4, -0.2) is 23.3 Å². The first-order valence-electron chi connectivity index (χ1n) is 10.9. The van der Waals surface area contributed by atoms with Gasteiger partial charge in [-0.2, -0.15) is 4.98 Å². The van der Waals surface area contributed by atoms with E-state index in [1.807, 2.05) is 0 Å². The Labute approximate surface area is 203 Å². The maximum Gasteiger partial charge on any atom is 0.327 e. The molecule has 3 aromatic carbocycles. The summed E-state index contributed by atoms with van der Waals surface area (Å²) in [5.41, 5.74) is 2.00. The van der Waals surface area contributed by atoms with Crippen LogP contribution in [0.2, 0.25) is 0 Å². The number of allylic oxidation sites excluding steroid dienone is 1. The van der Waals surface area contributed by atoms with E-state index in [0.717, 1.165) is 12.1 Å². The summed E-state index contributed by atoms with van der Waals surface area (Å²) in [5.74, 6) is -1.75. The quantitative estimate of drug-likeness (QED) is 0.377. The number of amides is 2. The number of nitrogens with zero attached hydrogens (tertiary/aromatic N) is 3. The number of carbonyl (C=O) groups excluding carboxylic acids is 1. The van der Waals surface area contributed by atoms with Crippen LogP contribution >= 0.6 is 0 Å². The molecule has 0 aliphatic carbocycles. The molecule has 0 radical (unpaired) electrons. The Morgan fingerprint density at radius 3 is 2.47 bits per heavy atom. The molecule has 5 rings (SSSR count). The summed E-state index contributed by atoms with van der Waals surface area (Å²) >= 11 is 0. The smallest absolute Gasteiger partial charge is 0.327 e. The number of hydrogen-bond donors (Lipinski definition) is 1. The molecular weight excluding hydrogens is 473 g/mol. The number of urea groups is 1. The number of ether oxygens (including phenoxy) is 1.